The number of benzene rings is 2. The Labute approximate surface area is 233 Å². The third kappa shape index (κ3) is 7.62. The van der Waals surface area contributed by atoms with Gasteiger partial charge in [0, 0.05) is 0 Å². The zero-order valence-corrected chi connectivity index (χ0v) is 25.5. The first-order valence-electron chi connectivity index (χ1n) is 11.5. The van der Waals surface area contributed by atoms with Gasteiger partial charge in [-0.15, -0.1) is 46.2 Å². The molecule has 176 valence electrons. The Bertz CT molecular complexity index is 1030. The SMILES string of the molecule is CC(C)(C)c1ccc2c(c1)[cH-]c1cc(C(C)(C)C)ccc12.CCC1=C(CC)C[C-]=C1.[Cl-].[Cl-].[Zr+4]. The van der Waals surface area contributed by atoms with Gasteiger partial charge in [-0.05, 0) is 10.8 Å². The third-order valence-corrected chi connectivity index (χ3v) is 6.29. The Kier molecular flexibility index (Phi) is 12.5. The minimum atomic E-state index is 0. The zero-order valence-electron chi connectivity index (χ0n) is 21.5. The second kappa shape index (κ2) is 12.8. The number of fused-ring (bicyclic) bond motifs is 3. The van der Waals surface area contributed by atoms with Gasteiger partial charge in [0.15, 0.2) is 0 Å². The van der Waals surface area contributed by atoms with Crippen LogP contribution in [0.4, 0.5) is 0 Å². The average Bonchev–Trinajstić information content (AvgIpc) is 3.29. The van der Waals surface area contributed by atoms with Gasteiger partial charge in [-0.3, -0.25) is 6.08 Å². The van der Waals surface area contributed by atoms with Crippen molar-refractivity contribution in [3.63, 3.8) is 0 Å². The number of halogens is 2. The maximum absolute atomic E-state index is 3.23. The van der Waals surface area contributed by atoms with E-state index in [0.717, 1.165) is 6.42 Å². The molecule has 0 aliphatic heterocycles. The molecule has 0 amide bonds. The summed E-state index contributed by atoms with van der Waals surface area (Å²) in [4.78, 5) is 0. The summed E-state index contributed by atoms with van der Waals surface area (Å²) in [6, 6.07) is 16.2. The predicted molar refractivity (Wildman–Crippen MR) is 134 cm³/mol. The molecule has 0 unspecified atom stereocenters. The maximum Gasteiger partial charge on any atom is 4.00 e. The van der Waals surface area contributed by atoms with Crippen LogP contribution in [0.1, 0.15) is 85.8 Å². The standard InChI is InChI=1S/C21H25.C9H13.2ClH.Zr/c1-20(2,3)16-7-9-18-14(12-16)11-15-13-17(21(4,5)6)8-10-19(15)18;1-3-8-6-5-7-9(8)4-2;;;/h7-13H,1-6H3;6H,3-4,7H2,1-2H3;2*1H;/q2*-1;;;+4/p-2. The molecule has 3 aromatic rings. The van der Waals surface area contributed by atoms with E-state index >= 15 is 0 Å². The van der Waals surface area contributed by atoms with E-state index in [2.05, 4.69) is 110 Å². The number of rotatable bonds is 2. The topological polar surface area (TPSA) is 0 Å². The largest absolute Gasteiger partial charge is 4.00 e. The summed E-state index contributed by atoms with van der Waals surface area (Å²) in [5.74, 6) is 0. The Hall–Kier alpha value is -0.747. The van der Waals surface area contributed by atoms with Crippen LogP contribution in [0.2, 0.25) is 0 Å². The molecule has 0 aromatic heterocycles. The van der Waals surface area contributed by atoms with E-state index in [1.807, 2.05) is 0 Å². The van der Waals surface area contributed by atoms with Crippen molar-refractivity contribution in [2.24, 2.45) is 0 Å². The molecular weight excluding hydrogens is 522 g/mol. The van der Waals surface area contributed by atoms with Gasteiger partial charge in [-0.1, -0.05) is 104 Å². The van der Waals surface area contributed by atoms with E-state index in [0.29, 0.717) is 0 Å². The monoisotopic (exact) mass is 558 g/mol. The quantitative estimate of drug-likeness (QED) is 0.423. The van der Waals surface area contributed by atoms with Crippen LogP contribution < -0.4 is 24.8 Å². The van der Waals surface area contributed by atoms with E-state index in [-0.39, 0.29) is 61.8 Å². The van der Waals surface area contributed by atoms with E-state index in [1.165, 1.54) is 51.1 Å². The van der Waals surface area contributed by atoms with Gasteiger partial charge in [-0.25, -0.2) is 6.08 Å². The fourth-order valence-corrected chi connectivity index (χ4v) is 4.17. The van der Waals surface area contributed by atoms with Crippen molar-refractivity contribution in [3.05, 3.63) is 76.9 Å². The van der Waals surface area contributed by atoms with Gasteiger partial charge in [-0.2, -0.15) is 11.1 Å². The molecule has 4 rings (SSSR count). The molecule has 1 aliphatic carbocycles. The Balaban J connectivity index is 0.000000733. The minimum absolute atomic E-state index is 0. The summed E-state index contributed by atoms with van der Waals surface area (Å²) in [5, 5.41) is 5.48. The first kappa shape index (κ1) is 32.3. The second-order valence-corrected chi connectivity index (χ2v) is 10.6. The van der Waals surface area contributed by atoms with Gasteiger partial charge >= 0.3 is 26.2 Å². The normalized spacial score (nSPS) is 13.2. The fraction of sp³-hybridized carbons (Fsp3) is 0.433. The molecular formula is C30H38Cl2Zr. The molecule has 3 heteroatoms. The van der Waals surface area contributed by atoms with Gasteiger partial charge < -0.3 is 24.8 Å². The van der Waals surface area contributed by atoms with Gasteiger partial charge in [0.1, 0.15) is 0 Å². The molecule has 0 heterocycles. The van der Waals surface area contributed by atoms with E-state index < -0.39 is 0 Å². The van der Waals surface area contributed by atoms with Crippen molar-refractivity contribution in [2.45, 2.75) is 85.5 Å². The fourth-order valence-electron chi connectivity index (χ4n) is 4.17. The molecule has 0 N–H and O–H groups in total. The Morgan fingerprint density at radius 1 is 0.758 bits per heavy atom. The van der Waals surface area contributed by atoms with Crippen LogP contribution in [0.25, 0.3) is 21.5 Å². The first-order chi connectivity index (χ1) is 14.0. The van der Waals surface area contributed by atoms with Crippen molar-refractivity contribution in [1.29, 1.82) is 0 Å². The Morgan fingerprint density at radius 3 is 1.55 bits per heavy atom. The molecule has 0 atom stereocenters. The summed E-state index contributed by atoms with van der Waals surface area (Å²) < 4.78 is 0. The summed E-state index contributed by atoms with van der Waals surface area (Å²) >= 11 is 0. The van der Waals surface area contributed by atoms with Crippen LogP contribution in [-0.4, -0.2) is 0 Å². The average molecular weight is 561 g/mol. The van der Waals surface area contributed by atoms with E-state index in [9.17, 15) is 0 Å². The molecule has 0 fully saturated rings. The van der Waals surface area contributed by atoms with Crippen LogP contribution in [0.5, 0.6) is 0 Å². The summed E-state index contributed by atoms with van der Waals surface area (Å²) in [5.41, 5.74) is 6.31. The predicted octanol–water partition coefficient (Wildman–Crippen LogP) is 3.18. The van der Waals surface area contributed by atoms with Crippen LogP contribution in [0.3, 0.4) is 0 Å². The third-order valence-electron chi connectivity index (χ3n) is 6.29. The van der Waals surface area contributed by atoms with Gasteiger partial charge in [0.25, 0.3) is 0 Å². The van der Waals surface area contributed by atoms with E-state index in [1.54, 1.807) is 5.57 Å². The maximum atomic E-state index is 3.23. The first-order valence-corrected chi connectivity index (χ1v) is 11.5. The summed E-state index contributed by atoms with van der Waals surface area (Å²) in [6.07, 6.45) is 8.82. The summed E-state index contributed by atoms with van der Waals surface area (Å²) in [7, 11) is 0. The molecule has 0 nitrogen and oxygen atoms in total. The van der Waals surface area contributed by atoms with Crippen molar-refractivity contribution < 1.29 is 51.0 Å². The molecule has 0 saturated heterocycles. The molecule has 1 aliphatic rings. The summed E-state index contributed by atoms with van der Waals surface area (Å²) in [6.45, 7) is 18.1. The van der Waals surface area contributed by atoms with Gasteiger partial charge in [0.2, 0.25) is 0 Å². The Morgan fingerprint density at radius 2 is 1.21 bits per heavy atom. The van der Waals surface area contributed by atoms with Crippen LogP contribution in [0, 0.1) is 6.08 Å². The van der Waals surface area contributed by atoms with E-state index in [4.69, 9.17) is 0 Å². The molecule has 3 aromatic carbocycles. The second-order valence-electron chi connectivity index (χ2n) is 10.6. The molecule has 0 bridgehead atoms. The smallest absolute Gasteiger partial charge is 1.00 e. The van der Waals surface area contributed by atoms with Crippen LogP contribution in [0.15, 0.2) is 59.7 Å². The van der Waals surface area contributed by atoms with Crippen molar-refractivity contribution >= 4 is 21.5 Å². The number of hydrogen-bond acceptors (Lipinski definition) is 0. The van der Waals surface area contributed by atoms with Gasteiger partial charge in [0.05, 0.1) is 0 Å². The van der Waals surface area contributed by atoms with Crippen molar-refractivity contribution in [2.75, 3.05) is 0 Å². The van der Waals surface area contributed by atoms with Crippen molar-refractivity contribution in [3.8, 4) is 0 Å². The molecule has 0 radical (unpaired) electrons. The molecule has 0 saturated carbocycles. The molecule has 0 spiro atoms. The molecule has 33 heavy (non-hydrogen) atoms. The van der Waals surface area contributed by atoms with Crippen molar-refractivity contribution in [1.82, 2.24) is 0 Å². The minimum Gasteiger partial charge on any atom is -1.00 e. The van der Waals surface area contributed by atoms with Crippen LogP contribution in [-0.2, 0) is 37.0 Å². The zero-order chi connectivity index (χ0) is 22.1. The number of hydrogen-bond donors (Lipinski definition) is 0. The van der Waals surface area contributed by atoms with Crippen LogP contribution >= 0.6 is 0 Å². The number of allylic oxidation sites excluding steroid dienone is 4.